The molecule has 1 spiro atoms. The first-order chi connectivity index (χ1) is 9.15. The van der Waals surface area contributed by atoms with Gasteiger partial charge in [-0.05, 0) is 12.8 Å². The van der Waals surface area contributed by atoms with Crippen molar-refractivity contribution in [2.45, 2.75) is 25.0 Å². The average molecular weight is 264 g/mol. The smallest absolute Gasteiger partial charge is 0.246 e. The number of carbonyl (C=O) groups excluding carboxylic acids is 1. The Morgan fingerprint density at radius 3 is 2.84 bits per heavy atom. The summed E-state index contributed by atoms with van der Waals surface area (Å²) in [5.74, 6) is 0.00316. The van der Waals surface area contributed by atoms with E-state index in [1.54, 1.807) is 0 Å². The van der Waals surface area contributed by atoms with Crippen molar-refractivity contribution >= 4 is 5.91 Å². The molecular weight excluding hydrogens is 244 g/mol. The van der Waals surface area contributed by atoms with Crippen molar-refractivity contribution in [3.05, 3.63) is 18.0 Å². The highest BCUT2D eigenvalue weighted by atomic mass is 16.5. The van der Waals surface area contributed by atoms with Gasteiger partial charge in [-0.25, -0.2) is 0 Å². The lowest BCUT2D eigenvalue weighted by molar-refractivity contribution is -0.150. The van der Waals surface area contributed by atoms with Gasteiger partial charge in [0.1, 0.15) is 6.61 Å². The highest BCUT2D eigenvalue weighted by molar-refractivity contribution is 5.78. The van der Waals surface area contributed by atoms with Gasteiger partial charge in [-0.1, -0.05) is 0 Å². The molecule has 2 aliphatic rings. The molecule has 2 aliphatic heterocycles. The van der Waals surface area contributed by atoms with Crippen molar-refractivity contribution in [2.75, 3.05) is 26.2 Å². The molecule has 0 radical (unpaired) electrons. The van der Waals surface area contributed by atoms with Crippen LogP contribution in [0.1, 0.15) is 18.4 Å². The van der Waals surface area contributed by atoms with Crippen molar-refractivity contribution in [2.24, 2.45) is 7.05 Å². The number of ether oxygens (including phenoxy) is 1. The van der Waals surface area contributed by atoms with Gasteiger partial charge in [-0.3, -0.25) is 14.4 Å². The molecule has 2 saturated heterocycles. The van der Waals surface area contributed by atoms with Gasteiger partial charge in [-0.15, -0.1) is 0 Å². The number of aromatic nitrogens is 2. The average Bonchev–Trinajstić information content (AvgIpc) is 2.82. The van der Waals surface area contributed by atoms with Gasteiger partial charge >= 0.3 is 0 Å². The molecule has 0 atom stereocenters. The van der Waals surface area contributed by atoms with Crippen molar-refractivity contribution in [1.82, 2.24) is 20.0 Å². The lowest BCUT2D eigenvalue weighted by Crippen LogP contribution is -2.57. The van der Waals surface area contributed by atoms with E-state index in [9.17, 15) is 4.79 Å². The van der Waals surface area contributed by atoms with Crippen LogP contribution in [0.25, 0.3) is 0 Å². The Morgan fingerprint density at radius 2 is 2.26 bits per heavy atom. The molecule has 104 valence electrons. The summed E-state index contributed by atoms with van der Waals surface area (Å²) in [6, 6.07) is 0. The molecule has 0 aromatic carbocycles. The Kier molecular flexibility index (Phi) is 3.28. The van der Waals surface area contributed by atoms with Gasteiger partial charge in [0.2, 0.25) is 5.91 Å². The second kappa shape index (κ2) is 4.94. The Labute approximate surface area is 112 Å². The molecule has 19 heavy (non-hydrogen) atoms. The van der Waals surface area contributed by atoms with Gasteiger partial charge in [0.15, 0.2) is 0 Å². The molecule has 1 N–H and O–H groups in total. The van der Waals surface area contributed by atoms with Crippen LogP contribution in [0.2, 0.25) is 0 Å². The first kappa shape index (κ1) is 12.6. The number of likely N-dealkylation sites (tertiary alicyclic amines) is 1. The molecule has 0 aliphatic carbocycles. The van der Waals surface area contributed by atoms with E-state index in [0.29, 0.717) is 6.54 Å². The summed E-state index contributed by atoms with van der Waals surface area (Å²) in [5, 5.41) is 7.11. The van der Waals surface area contributed by atoms with Crippen molar-refractivity contribution in [1.29, 1.82) is 0 Å². The Morgan fingerprint density at radius 1 is 1.47 bits per heavy atom. The highest BCUT2D eigenvalue weighted by Gasteiger charge is 2.38. The summed E-state index contributed by atoms with van der Waals surface area (Å²) in [6.45, 7) is 3.82. The number of hydrogen-bond donors (Lipinski definition) is 1. The van der Waals surface area contributed by atoms with E-state index >= 15 is 0 Å². The lowest BCUT2D eigenvalue weighted by Gasteiger charge is -2.43. The first-order valence-corrected chi connectivity index (χ1v) is 6.76. The number of piperidine rings is 1. The molecule has 1 amide bonds. The minimum absolute atomic E-state index is 0.00316. The topological polar surface area (TPSA) is 59.4 Å². The largest absolute Gasteiger partial charge is 0.363 e. The summed E-state index contributed by atoms with van der Waals surface area (Å²) < 4.78 is 7.60. The zero-order chi connectivity index (χ0) is 13.3. The van der Waals surface area contributed by atoms with Crippen LogP contribution >= 0.6 is 0 Å². The quantitative estimate of drug-likeness (QED) is 0.810. The second-order valence-corrected chi connectivity index (χ2v) is 5.55. The van der Waals surface area contributed by atoms with E-state index in [-0.39, 0.29) is 18.1 Å². The number of amides is 1. The van der Waals surface area contributed by atoms with Crippen LogP contribution in [0.15, 0.2) is 12.4 Å². The van der Waals surface area contributed by atoms with Gasteiger partial charge < -0.3 is 10.1 Å². The fourth-order valence-corrected chi connectivity index (χ4v) is 2.83. The van der Waals surface area contributed by atoms with Gasteiger partial charge in [0.25, 0.3) is 0 Å². The molecule has 6 nitrogen and oxygen atoms in total. The third-order valence-corrected chi connectivity index (χ3v) is 4.05. The maximum absolute atomic E-state index is 11.1. The molecule has 1 aromatic heterocycles. The standard InChI is InChI=1S/C13H20N4O2/c1-16-7-11(6-15-16)8-17-4-2-13(3-5-17)10-14-12(18)9-19-13/h6-7H,2-5,8-10H2,1H3,(H,14,18). The number of hydrogen-bond acceptors (Lipinski definition) is 4. The SMILES string of the molecule is Cn1cc(CN2CCC3(CC2)CNC(=O)CO3)cn1. The molecule has 1 aromatic rings. The Balaban J connectivity index is 1.53. The third-order valence-electron chi connectivity index (χ3n) is 4.05. The molecule has 0 unspecified atom stereocenters. The lowest BCUT2D eigenvalue weighted by atomic mass is 9.90. The number of morpholine rings is 1. The van der Waals surface area contributed by atoms with Gasteiger partial charge in [-0.2, -0.15) is 5.10 Å². The van der Waals surface area contributed by atoms with Crippen LogP contribution in [0.5, 0.6) is 0 Å². The van der Waals surface area contributed by atoms with E-state index in [0.717, 1.165) is 32.5 Å². The van der Waals surface area contributed by atoms with E-state index in [2.05, 4.69) is 21.5 Å². The maximum atomic E-state index is 11.1. The number of aryl methyl sites for hydroxylation is 1. The summed E-state index contributed by atoms with van der Waals surface area (Å²) in [5.41, 5.74) is 1.12. The van der Waals surface area contributed by atoms with Crippen LogP contribution < -0.4 is 5.32 Å². The predicted molar refractivity (Wildman–Crippen MR) is 69.4 cm³/mol. The van der Waals surface area contributed by atoms with Crippen molar-refractivity contribution in [3.8, 4) is 0 Å². The number of nitrogens with one attached hydrogen (secondary N) is 1. The van der Waals surface area contributed by atoms with Crippen LogP contribution in [0.4, 0.5) is 0 Å². The Hall–Kier alpha value is -1.40. The zero-order valence-electron chi connectivity index (χ0n) is 11.3. The van der Waals surface area contributed by atoms with Crippen LogP contribution in [-0.4, -0.2) is 52.4 Å². The van der Waals surface area contributed by atoms with Crippen molar-refractivity contribution in [3.63, 3.8) is 0 Å². The van der Waals surface area contributed by atoms with Crippen LogP contribution in [0, 0.1) is 0 Å². The third kappa shape index (κ3) is 2.79. The number of carbonyl (C=O) groups is 1. The minimum atomic E-state index is -0.126. The fourth-order valence-electron chi connectivity index (χ4n) is 2.83. The van der Waals surface area contributed by atoms with Crippen LogP contribution in [-0.2, 0) is 23.1 Å². The highest BCUT2D eigenvalue weighted by Crippen LogP contribution is 2.28. The molecule has 0 saturated carbocycles. The first-order valence-electron chi connectivity index (χ1n) is 6.76. The van der Waals surface area contributed by atoms with Crippen molar-refractivity contribution < 1.29 is 9.53 Å². The minimum Gasteiger partial charge on any atom is -0.363 e. The molecular formula is C13H20N4O2. The fraction of sp³-hybridized carbons (Fsp3) is 0.692. The Bertz CT molecular complexity index is 451. The van der Waals surface area contributed by atoms with E-state index in [1.165, 1.54) is 5.56 Å². The summed E-state index contributed by atoms with van der Waals surface area (Å²) in [7, 11) is 1.94. The van der Waals surface area contributed by atoms with Gasteiger partial charge in [0, 0.05) is 45.0 Å². The molecule has 2 fully saturated rings. The van der Waals surface area contributed by atoms with Gasteiger partial charge in [0.05, 0.1) is 11.8 Å². The maximum Gasteiger partial charge on any atom is 0.246 e. The van der Waals surface area contributed by atoms with E-state index in [4.69, 9.17) is 4.74 Å². The molecule has 3 rings (SSSR count). The normalized spacial score (nSPS) is 23.5. The summed E-state index contributed by atoms with van der Waals surface area (Å²) in [6.07, 6.45) is 5.94. The monoisotopic (exact) mass is 264 g/mol. The summed E-state index contributed by atoms with van der Waals surface area (Å²) in [4.78, 5) is 13.6. The zero-order valence-corrected chi connectivity index (χ0v) is 11.3. The van der Waals surface area contributed by atoms with E-state index < -0.39 is 0 Å². The number of nitrogens with zero attached hydrogens (tertiary/aromatic N) is 3. The predicted octanol–water partition coefficient (Wildman–Crippen LogP) is -0.0989. The number of rotatable bonds is 2. The molecule has 3 heterocycles. The molecule has 0 bridgehead atoms. The van der Waals surface area contributed by atoms with Crippen LogP contribution in [0.3, 0.4) is 0 Å². The summed E-state index contributed by atoms with van der Waals surface area (Å²) >= 11 is 0. The van der Waals surface area contributed by atoms with E-state index in [1.807, 2.05) is 17.9 Å². The molecule has 6 heteroatoms. The second-order valence-electron chi connectivity index (χ2n) is 5.55.